The molecule has 0 radical (unpaired) electrons. The van der Waals surface area contributed by atoms with Crippen molar-refractivity contribution in [3.63, 3.8) is 0 Å². The Labute approximate surface area is 127 Å². The first-order valence-electron chi connectivity index (χ1n) is 6.42. The number of fused-ring (bicyclic) bond motifs is 1. The lowest BCUT2D eigenvalue weighted by atomic mass is 10.1. The van der Waals surface area contributed by atoms with Gasteiger partial charge in [0.05, 0.1) is 32.2 Å². The normalized spacial score (nSPS) is 10.2. The van der Waals surface area contributed by atoms with Crippen molar-refractivity contribution in [2.75, 3.05) is 26.6 Å². The van der Waals surface area contributed by atoms with Gasteiger partial charge in [0.25, 0.3) is 0 Å². The van der Waals surface area contributed by atoms with Gasteiger partial charge in [0.2, 0.25) is 5.91 Å². The third-order valence-corrected chi connectivity index (χ3v) is 2.99. The summed E-state index contributed by atoms with van der Waals surface area (Å²) in [4.78, 5) is 27.2. The second-order valence-corrected chi connectivity index (χ2v) is 4.46. The Morgan fingerprint density at radius 2 is 1.68 bits per heavy atom. The number of carbonyl (C=O) groups is 2. The van der Waals surface area contributed by atoms with Gasteiger partial charge in [-0.05, 0) is 6.07 Å². The highest BCUT2D eigenvalue weighted by Crippen LogP contribution is 2.36. The molecule has 0 unspecified atom stereocenters. The molecule has 2 aromatic rings. The van der Waals surface area contributed by atoms with Gasteiger partial charge < -0.3 is 19.5 Å². The Morgan fingerprint density at radius 1 is 1.05 bits per heavy atom. The third kappa shape index (κ3) is 2.93. The van der Waals surface area contributed by atoms with Gasteiger partial charge >= 0.3 is 5.97 Å². The first-order chi connectivity index (χ1) is 10.5. The fourth-order valence-corrected chi connectivity index (χ4v) is 2.10. The van der Waals surface area contributed by atoms with Crippen LogP contribution in [0.25, 0.3) is 10.9 Å². The minimum atomic E-state index is -0.580. The van der Waals surface area contributed by atoms with Crippen molar-refractivity contribution in [1.29, 1.82) is 0 Å². The minimum absolute atomic E-state index is 0.105. The fraction of sp³-hybridized carbons (Fsp3) is 0.267. The van der Waals surface area contributed by atoms with Crippen molar-refractivity contribution in [3.05, 3.63) is 23.9 Å². The molecule has 0 bridgehead atoms. The van der Waals surface area contributed by atoms with E-state index in [1.165, 1.54) is 34.3 Å². The average Bonchev–Trinajstić information content (AvgIpc) is 2.51. The number of methoxy groups -OCH3 is 3. The smallest absolute Gasteiger partial charge is 0.356 e. The molecule has 0 aliphatic heterocycles. The highest BCUT2D eigenvalue weighted by Gasteiger charge is 2.17. The molecule has 0 aliphatic carbocycles. The molecule has 22 heavy (non-hydrogen) atoms. The summed E-state index contributed by atoms with van der Waals surface area (Å²) < 4.78 is 15.3. The summed E-state index contributed by atoms with van der Waals surface area (Å²) in [6.45, 7) is 1.40. The summed E-state index contributed by atoms with van der Waals surface area (Å²) in [5.74, 6) is 0.0974. The first-order valence-corrected chi connectivity index (χ1v) is 6.42. The van der Waals surface area contributed by atoms with Crippen molar-refractivity contribution in [1.82, 2.24) is 4.98 Å². The standard InChI is InChI=1S/C15H16N2O5/c1-8(18)16-9-5-10-14(12(6-9)20-2)13(21-3)7-11(17-10)15(19)22-4/h5-7H,1-4H3,(H,16,18). The predicted octanol–water partition coefficient (Wildman–Crippen LogP) is 2.00. The Balaban J connectivity index is 2.74. The highest BCUT2D eigenvalue weighted by molar-refractivity contribution is 6.00. The number of carbonyl (C=O) groups excluding carboxylic acids is 2. The van der Waals surface area contributed by atoms with E-state index < -0.39 is 5.97 Å². The van der Waals surface area contributed by atoms with Crippen LogP contribution in [0.2, 0.25) is 0 Å². The Morgan fingerprint density at radius 3 is 2.23 bits per heavy atom. The second kappa shape index (κ2) is 6.30. The van der Waals surface area contributed by atoms with E-state index in [2.05, 4.69) is 15.0 Å². The molecule has 7 nitrogen and oxygen atoms in total. The highest BCUT2D eigenvalue weighted by atomic mass is 16.5. The molecule has 1 amide bonds. The van der Waals surface area contributed by atoms with Gasteiger partial charge in [0.15, 0.2) is 5.69 Å². The molecule has 0 saturated heterocycles. The van der Waals surface area contributed by atoms with Crippen molar-refractivity contribution in [2.24, 2.45) is 0 Å². The number of amides is 1. The molecule has 1 aromatic heterocycles. The van der Waals surface area contributed by atoms with E-state index in [4.69, 9.17) is 9.47 Å². The van der Waals surface area contributed by atoms with Crippen LogP contribution < -0.4 is 14.8 Å². The van der Waals surface area contributed by atoms with Crippen LogP contribution in [-0.2, 0) is 9.53 Å². The minimum Gasteiger partial charge on any atom is -0.496 e. The molecule has 1 N–H and O–H groups in total. The average molecular weight is 304 g/mol. The Hall–Kier alpha value is -2.83. The van der Waals surface area contributed by atoms with E-state index in [9.17, 15) is 9.59 Å². The molecule has 1 aromatic carbocycles. The zero-order chi connectivity index (χ0) is 16.3. The Kier molecular flexibility index (Phi) is 4.45. The number of rotatable bonds is 4. The number of hydrogen-bond acceptors (Lipinski definition) is 6. The number of benzene rings is 1. The van der Waals surface area contributed by atoms with Crippen LogP contribution in [0.5, 0.6) is 11.5 Å². The van der Waals surface area contributed by atoms with Gasteiger partial charge in [-0.15, -0.1) is 0 Å². The largest absolute Gasteiger partial charge is 0.496 e. The summed E-state index contributed by atoms with van der Waals surface area (Å²) in [6, 6.07) is 4.77. The van der Waals surface area contributed by atoms with Crippen LogP contribution in [0.3, 0.4) is 0 Å². The van der Waals surface area contributed by atoms with Crippen molar-refractivity contribution in [2.45, 2.75) is 6.92 Å². The summed E-state index contributed by atoms with van der Waals surface area (Å²) >= 11 is 0. The molecule has 0 saturated carbocycles. The van der Waals surface area contributed by atoms with Gasteiger partial charge in [-0.1, -0.05) is 0 Å². The van der Waals surface area contributed by atoms with E-state index in [1.807, 2.05) is 0 Å². The number of nitrogens with zero attached hydrogens (tertiary/aromatic N) is 1. The lowest BCUT2D eigenvalue weighted by Gasteiger charge is -2.13. The van der Waals surface area contributed by atoms with Crippen LogP contribution >= 0.6 is 0 Å². The fourth-order valence-electron chi connectivity index (χ4n) is 2.10. The maximum Gasteiger partial charge on any atom is 0.356 e. The molecule has 0 atom stereocenters. The van der Waals surface area contributed by atoms with Gasteiger partial charge in [0.1, 0.15) is 11.5 Å². The van der Waals surface area contributed by atoms with Gasteiger partial charge in [-0.2, -0.15) is 0 Å². The van der Waals surface area contributed by atoms with E-state index in [-0.39, 0.29) is 11.6 Å². The van der Waals surface area contributed by atoms with E-state index in [1.54, 1.807) is 12.1 Å². The third-order valence-electron chi connectivity index (χ3n) is 2.99. The first kappa shape index (κ1) is 15.6. The van der Waals surface area contributed by atoms with Crippen LogP contribution in [0, 0.1) is 0 Å². The van der Waals surface area contributed by atoms with E-state index in [0.717, 1.165) is 0 Å². The van der Waals surface area contributed by atoms with Crippen molar-refractivity contribution < 1.29 is 23.8 Å². The molecular weight excluding hydrogens is 288 g/mol. The summed E-state index contributed by atoms with van der Waals surface area (Å²) in [5, 5.41) is 3.26. The molecule has 0 spiro atoms. The lowest BCUT2D eigenvalue weighted by molar-refractivity contribution is -0.114. The van der Waals surface area contributed by atoms with Gasteiger partial charge in [-0.25, -0.2) is 9.78 Å². The quantitative estimate of drug-likeness (QED) is 0.869. The van der Waals surface area contributed by atoms with Crippen LogP contribution in [-0.4, -0.2) is 38.2 Å². The molecule has 1 heterocycles. The number of aromatic nitrogens is 1. The maximum absolute atomic E-state index is 11.7. The molecule has 116 valence electrons. The molecule has 2 rings (SSSR count). The number of esters is 1. The van der Waals surface area contributed by atoms with Crippen LogP contribution in [0.15, 0.2) is 18.2 Å². The zero-order valence-corrected chi connectivity index (χ0v) is 12.7. The Bertz CT molecular complexity index is 742. The van der Waals surface area contributed by atoms with Crippen molar-refractivity contribution in [3.8, 4) is 11.5 Å². The predicted molar refractivity (Wildman–Crippen MR) is 80.5 cm³/mol. The number of anilines is 1. The lowest BCUT2D eigenvalue weighted by Crippen LogP contribution is -2.08. The number of nitrogens with one attached hydrogen (secondary N) is 1. The number of hydrogen-bond donors (Lipinski definition) is 1. The van der Waals surface area contributed by atoms with Gasteiger partial charge in [0, 0.05) is 24.7 Å². The zero-order valence-electron chi connectivity index (χ0n) is 12.7. The maximum atomic E-state index is 11.7. The van der Waals surface area contributed by atoms with Crippen molar-refractivity contribution >= 4 is 28.5 Å². The second-order valence-electron chi connectivity index (χ2n) is 4.46. The summed E-state index contributed by atoms with van der Waals surface area (Å²) in [6.07, 6.45) is 0. The van der Waals surface area contributed by atoms with Crippen LogP contribution in [0.4, 0.5) is 5.69 Å². The SMILES string of the molecule is COC(=O)c1cc(OC)c2c(OC)cc(NC(C)=O)cc2n1. The summed E-state index contributed by atoms with van der Waals surface area (Å²) in [5.41, 5.74) is 1.06. The van der Waals surface area contributed by atoms with Gasteiger partial charge in [-0.3, -0.25) is 4.79 Å². The summed E-state index contributed by atoms with van der Waals surface area (Å²) in [7, 11) is 4.26. The monoisotopic (exact) mass is 304 g/mol. The molecular formula is C15H16N2O5. The van der Waals surface area contributed by atoms with E-state index in [0.29, 0.717) is 28.1 Å². The molecule has 7 heteroatoms. The molecule has 0 aliphatic rings. The van der Waals surface area contributed by atoms with E-state index >= 15 is 0 Å². The topological polar surface area (TPSA) is 86.8 Å². The number of pyridine rings is 1. The molecule has 0 fully saturated rings. The van der Waals surface area contributed by atoms with Crippen LogP contribution in [0.1, 0.15) is 17.4 Å². The number of ether oxygens (including phenoxy) is 3.